The first-order valence-electron chi connectivity index (χ1n) is 8.51. The molecule has 1 saturated carbocycles. The van der Waals surface area contributed by atoms with E-state index in [1.54, 1.807) is 11.3 Å². The molecule has 1 saturated heterocycles. The average Bonchev–Trinajstić information content (AvgIpc) is 3.07. The van der Waals surface area contributed by atoms with Crippen molar-refractivity contribution in [3.05, 3.63) is 34.1 Å². The first kappa shape index (κ1) is 15.8. The summed E-state index contributed by atoms with van der Waals surface area (Å²) < 4.78 is 11.0. The molecule has 1 amide bonds. The van der Waals surface area contributed by atoms with Crippen molar-refractivity contribution in [1.82, 2.24) is 15.0 Å². The zero-order valence-corrected chi connectivity index (χ0v) is 14.3. The Labute approximate surface area is 144 Å². The van der Waals surface area contributed by atoms with Gasteiger partial charge in [-0.3, -0.25) is 4.79 Å². The molecule has 2 aromatic rings. The van der Waals surface area contributed by atoms with Crippen molar-refractivity contribution < 1.29 is 14.1 Å². The van der Waals surface area contributed by atoms with E-state index in [1.807, 2.05) is 21.7 Å². The predicted molar refractivity (Wildman–Crippen MR) is 89.1 cm³/mol. The molecular formula is C17H21N3O3S. The zero-order valence-electron chi connectivity index (χ0n) is 13.5. The summed E-state index contributed by atoms with van der Waals surface area (Å²) in [6.45, 7) is 2.88. The highest BCUT2D eigenvalue weighted by Gasteiger charge is 2.31. The maximum atomic E-state index is 12.4. The van der Waals surface area contributed by atoms with E-state index in [0.717, 1.165) is 31.1 Å². The maximum Gasteiger partial charge on any atom is 0.254 e. The molecule has 6 nitrogen and oxygen atoms in total. The molecule has 0 N–H and O–H groups in total. The fourth-order valence-corrected chi connectivity index (χ4v) is 3.58. The monoisotopic (exact) mass is 347 g/mol. The van der Waals surface area contributed by atoms with E-state index in [9.17, 15) is 4.79 Å². The molecule has 0 radical (unpaired) electrons. The fourth-order valence-electron chi connectivity index (χ4n) is 2.95. The molecule has 0 aromatic carbocycles. The Morgan fingerprint density at radius 3 is 3.12 bits per heavy atom. The van der Waals surface area contributed by atoms with Gasteiger partial charge in [-0.25, -0.2) is 0 Å². The van der Waals surface area contributed by atoms with Crippen LogP contribution in [0, 0.1) is 5.92 Å². The number of carbonyl (C=O) groups excluding carboxylic acids is 1. The van der Waals surface area contributed by atoms with Gasteiger partial charge in [0.15, 0.2) is 5.82 Å². The topological polar surface area (TPSA) is 68.5 Å². The summed E-state index contributed by atoms with van der Waals surface area (Å²) in [6.07, 6.45) is 4.15. The largest absolute Gasteiger partial charge is 0.381 e. The average molecular weight is 347 g/mol. The van der Waals surface area contributed by atoms with Crippen LogP contribution in [0.15, 0.2) is 21.3 Å². The van der Waals surface area contributed by atoms with Gasteiger partial charge < -0.3 is 14.2 Å². The van der Waals surface area contributed by atoms with Crippen molar-refractivity contribution in [1.29, 1.82) is 0 Å². The van der Waals surface area contributed by atoms with Crippen LogP contribution in [0.2, 0.25) is 0 Å². The van der Waals surface area contributed by atoms with Crippen LogP contribution in [0.3, 0.4) is 0 Å². The fraction of sp³-hybridized carbons (Fsp3) is 0.588. The molecule has 0 spiro atoms. The second-order valence-corrected chi connectivity index (χ2v) is 7.35. The highest BCUT2D eigenvalue weighted by Crippen LogP contribution is 2.29. The molecule has 1 aliphatic carbocycles. The summed E-state index contributed by atoms with van der Waals surface area (Å²) in [6, 6.07) is 1.87. The number of likely N-dealkylation sites (tertiary alicyclic amines) is 1. The van der Waals surface area contributed by atoms with E-state index in [1.165, 1.54) is 12.8 Å². The lowest BCUT2D eigenvalue weighted by molar-refractivity contribution is 0.0790. The highest BCUT2D eigenvalue weighted by atomic mass is 32.1. The highest BCUT2D eigenvalue weighted by molar-refractivity contribution is 7.08. The molecule has 1 aliphatic heterocycles. The van der Waals surface area contributed by atoms with Crippen molar-refractivity contribution in [3.8, 4) is 0 Å². The number of rotatable bonds is 7. The Hall–Kier alpha value is -1.73. The Morgan fingerprint density at radius 1 is 1.42 bits per heavy atom. The number of hydrogen-bond acceptors (Lipinski definition) is 6. The van der Waals surface area contributed by atoms with E-state index in [4.69, 9.17) is 9.26 Å². The molecule has 2 aliphatic rings. The number of carbonyl (C=O) groups is 1. The van der Waals surface area contributed by atoms with Gasteiger partial charge in [-0.05, 0) is 36.6 Å². The SMILES string of the molecule is O=C(c1ccsc1)N1CCC(c2nc(CCOCC3CC3)no2)C1. The third-order valence-electron chi connectivity index (χ3n) is 4.60. The summed E-state index contributed by atoms with van der Waals surface area (Å²) in [5.41, 5.74) is 0.764. The molecule has 3 heterocycles. The van der Waals surface area contributed by atoms with E-state index < -0.39 is 0 Å². The van der Waals surface area contributed by atoms with Crippen LogP contribution >= 0.6 is 11.3 Å². The van der Waals surface area contributed by atoms with Crippen LogP contribution in [0.5, 0.6) is 0 Å². The normalized spacial score (nSPS) is 20.7. The first-order chi connectivity index (χ1) is 11.8. The van der Waals surface area contributed by atoms with E-state index in [2.05, 4.69) is 10.1 Å². The minimum atomic E-state index is 0.0898. The molecule has 0 bridgehead atoms. The summed E-state index contributed by atoms with van der Waals surface area (Å²) in [5.74, 6) is 2.35. The van der Waals surface area contributed by atoms with E-state index in [0.29, 0.717) is 31.3 Å². The summed E-state index contributed by atoms with van der Waals surface area (Å²) in [5, 5.41) is 7.86. The Kier molecular flexibility index (Phi) is 4.62. The van der Waals surface area contributed by atoms with Gasteiger partial charge in [-0.15, -0.1) is 0 Å². The van der Waals surface area contributed by atoms with Crippen molar-refractivity contribution in [2.75, 3.05) is 26.3 Å². The lowest BCUT2D eigenvalue weighted by atomic mass is 10.1. The van der Waals surface area contributed by atoms with Crippen LogP contribution in [0.1, 0.15) is 47.3 Å². The zero-order chi connectivity index (χ0) is 16.4. The Balaban J connectivity index is 1.28. The Bertz CT molecular complexity index is 681. The minimum Gasteiger partial charge on any atom is -0.381 e. The maximum absolute atomic E-state index is 12.4. The molecular weight excluding hydrogens is 326 g/mol. The molecule has 2 fully saturated rings. The number of aromatic nitrogens is 2. The van der Waals surface area contributed by atoms with Crippen molar-refractivity contribution in [2.24, 2.45) is 5.92 Å². The molecule has 24 heavy (non-hydrogen) atoms. The second-order valence-electron chi connectivity index (χ2n) is 6.57. The van der Waals surface area contributed by atoms with Crippen LogP contribution in [-0.2, 0) is 11.2 Å². The lowest BCUT2D eigenvalue weighted by Gasteiger charge is -2.14. The standard InChI is InChI=1S/C17H21N3O3S/c21-17(14-5-8-24-11-14)20-6-3-13(9-20)16-18-15(19-23-16)4-7-22-10-12-1-2-12/h5,8,11-13H,1-4,6-7,9-10H2. The molecule has 4 rings (SSSR count). The third-order valence-corrected chi connectivity index (χ3v) is 5.28. The van der Waals surface area contributed by atoms with Gasteiger partial charge >= 0.3 is 0 Å². The van der Waals surface area contributed by atoms with Gasteiger partial charge in [-0.2, -0.15) is 16.3 Å². The van der Waals surface area contributed by atoms with Gasteiger partial charge in [0, 0.05) is 31.5 Å². The number of nitrogens with zero attached hydrogens (tertiary/aromatic N) is 3. The van der Waals surface area contributed by atoms with Crippen LogP contribution < -0.4 is 0 Å². The first-order valence-corrected chi connectivity index (χ1v) is 9.45. The van der Waals surface area contributed by atoms with Crippen LogP contribution in [-0.4, -0.2) is 47.3 Å². The van der Waals surface area contributed by atoms with Crippen LogP contribution in [0.25, 0.3) is 0 Å². The number of thiophene rings is 1. The third kappa shape index (κ3) is 3.67. The second kappa shape index (κ2) is 7.03. The van der Waals surface area contributed by atoms with Gasteiger partial charge in [-0.1, -0.05) is 5.16 Å². The summed E-state index contributed by atoms with van der Waals surface area (Å²) in [7, 11) is 0. The Morgan fingerprint density at radius 2 is 2.33 bits per heavy atom. The van der Waals surface area contributed by atoms with Crippen molar-refractivity contribution >= 4 is 17.2 Å². The molecule has 1 atom stereocenters. The van der Waals surface area contributed by atoms with Gasteiger partial charge in [0.2, 0.25) is 5.89 Å². The quantitative estimate of drug-likeness (QED) is 0.721. The van der Waals surface area contributed by atoms with E-state index >= 15 is 0 Å². The van der Waals surface area contributed by atoms with Gasteiger partial charge in [0.25, 0.3) is 5.91 Å². The molecule has 1 unspecified atom stereocenters. The van der Waals surface area contributed by atoms with Crippen molar-refractivity contribution in [2.45, 2.75) is 31.6 Å². The number of amides is 1. The smallest absolute Gasteiger partial charge is 0.254 e. The predicted octanol–water partition coefficient (Wildman–Crippen LogP) is 2.73. The molecule has 7 heteroatoms. The molecule has 128 valence electrons. The van der Waals surface area contributed by atoms with Crippen LogP contribution in [0.4, 0.5) is 0 Å². The van der Waals surface area contributed by atoms with Gasteiger partial charge in [0.05, 0.1) is 18.1 Å². The minimum absolute atomic E-state index is 0.0898. The summed E-state index contributed by atoms with van der Waals surface area (Å²) in [4.78, 5) is 18.7. The number of hydrogen-bond donors (Lipinski definition) is 0. The van der Waals surface area contributed by atoms with E-state index in [-0.39, 0.29) is 11.8 Å². The number of ether oxygens (including phenoxy) is 1. The summed E-state index contributed by atoms with van der Waals surface area (Å²) >= 11 is 1.54. The van der Waals surface area contributed by atoms with Gasteiger partial charge in [0.1, 0.15) is 0 Å². The molecule has 2 aromatic heterocycles. The lowest BCUT2D eigenvalue weighted by Crippen LogP contribution is -2.28. The van der Waals surface area contributed by atoms with Crippen molar-refractivity contribution in [3.63, 3.8) is 0 Å².